The Labute approximate surface area is 172 Å². The number of aromatic nitrogens is 3. The van der Waals surface area contributed by atoms with E-state index in [1.54, 1.807) is 16.8 Å². The molecule has 4 nitrogen and oxygen atoms in total. The van der Waals surface area contributed by atoms with E-state index in [4.69, 9.17) is 16.6 Å². The van der Waals surface area contributed by atoms with Gasteiger partial charge in [-0.3, -0.25) is 9.36 Å². The molecule has 4 rings (SSSR count). The molecular formula is C22H18ClN3OS. The second kappa shape index (κ2) is 7.78. The molecular weight excluding hydrogens is 390 g/mol. The largest absolute Gasteiger partial charge is 0.268 e. The molecule has 0 aliphatic heterocycles. The molecule has 0 spiro atoms. The fourth-order valence-corrected chi connectivity index (χ4v) is 4.00. The Morgan fingerprint density at radius 3 is 2.61 bits per heavy atom. The number of hydrogen-bond acceptors (Lipinski definition) is 4. The first-order valence-corrected chi connectivity index (χ1v) is 10.2. The summed E-state index contributed by atoms with van der Waals surface area (Å²) in [7, 11) is 0. The van der Waals surface area contributed by atoms with Gasteiger partial charge in [-0.15, -0.1) is 0 Å². The normalized spacial score (nSPS) is 11.1. The van der Waals surface area contributed by atoms with Gasteiger partial charge in [-0.05, 0) is 60.9 Å². The van der Waals surface area contributed by atoms with Gasteiger partial charge in [0.15, 0.2) is 5.16 Å². The zero-order valence-corrected chi connectivity index (χ0v) is 17.1. The summed E-state index contributed by atoms with van der Waals surface area (Å²) in [5.41, 5.74) is 4.80. The van der Waals surface area contributed by atoms with E-state index >= 15 is 0 Å². The first kappa shape index (κ1) is 18.7. The number of aryl methyl sites for hydroxylation is 2. The van der Waals surface area contributed by atoms with E-state index in [1.807, 2.05) is 55.5 Å². The zero-order valence-electron chi connectivity index (χ0n) is 15.5. The number of para-hydroxylation sites is 1. The fraction of sp³-hybridized carbons (Fsp3) is 0.136. The number of benzene rings is 2. The maximum atomic E-state index is 13.3. The molecule has 140 valence electrons. The van der Waals surface area contributed by atoms with Gasteiger partial charge in [0.1, 0.15) is 5.15 Å². The Hall–Kier alpha value is -2.63. The summed E-state index contributed by atoms with van der Waals surface area (Å²) >= 11 is 7.38. The van der Waals surface area contributed by atoms with E-state index in [-0.39, 0.29) is 5.56 Å². The van der Waals surface area contributed by atoms with Crippen molar-refractivity contribution in [1.29, 1.82) is 0 Å². The van der Waals surface area contributed by atoms with Crippen molar-refractivity contribution in [2.75, 3.05) is 0 Å². The Morgan fingerprint density at radius 1 is 1.04 bits per heavy atom. The average molecular weight is 408 g/mol. The summed E-state index contributed by atoms with van der Waals surface area (Å²) in [4.78, 5) is 22.2. The van der Waals surface area contributed by atoms with Crippen LogP contribution in [0, 0.1) is 13.8 Å². The van der Waals surface area contributed by atoms with Gasteiger partial charge in [0.05, 0.1) is 16.6 Å². The molecule has 0 bridgehead atoms. The Balaban J connectivity index is 1.84. The molecule has 0 aliphatic carbocycles. The molecule has 28 heavy (non-hydrogen) atoms. The van der Waals surface area contributed by atoms with E-state index < -0.39 is 0 Å². The van der Waals surface area contributed by atoms with Gasteiger partial charge in [-0.25, -0.2) is 9.97 Å². The first-order valence-electron chi connectivity index (χ1n) is 8.85. The van der Waals surface area contributed by atoms with Crippen LogP contribution >= 0.6 is 23.4 Å². The lowest BCUT2D eigenvalue weighted by Crippen LogP contribution is -2.22. The van der Waals surface area contributed by atoms with Crippen LogP contribution in [0.25, 0.3) is 16.6 Å². The monoisotopic (exact) mass is 407 g/mol. The van der Waals surface area contributed by atoms with Crippen molar-refractivity contribution in [3.8, 4) is 5.69 Å². The van der Waals surface area contributed by atoms with Crippen molar-refractivity contribution in [3.05, 3.63) is 93.0 Å². The zero-order chi connectivity index (χ0) is 19.7. The SMILES string of the molecule is Cc1ccc(-n2c(SCc3ccc(Cl)nc3)nc3ccccc3c2=O)cc1C. The van der Waals surface area contributed by atoms with Crippen LogP contribution in [0.15, 0.2) is 70.7 Å². The maximum absolute atomic E-state index is 13.3. The Bertz CT molecular complexity index is 1220. The highest BCUT2D eigenvalue weighted by atomic mass is 35.5. The van der Waals surface area contributed by atoms with Crippen molar-refractivity contribution in [2.24, 2.45) is 0 Å². The predicted molar refractivity (Wildman–Crippen MR) is 116 cm³/mol. The van der Waals surface area contributed by atoms with Crippen molar-refractivity contribution in [1.82, 2.24) is 14.5 Å². The molecule has 6 heteroatoms. The summed E-state index contributed by atoms with van der Waals surface area (Å²) < 4.78 is 1.70. The minimum Gasteiger partial charge on any atom is -0.268 e. The van der Waals surface area contributed by atoms with Gasteiger partial charge >= 0.3 is 0 Å². The average Bonchev–Trinajstić information content (AvgIpc) is 2.70. The van der Waals surface area contributed by atoms with Crippen LogP contribution in [-0.4, -0.2) is 14.5 Å². The smallest absolute Gasteiger partial charge is 0.266 e. The highest BCUT2D eigenvalue weighted by molar-refractivity contribution is 7.98. The number of nitrogens with zero attached hydrogens (tertiary/aromatic N) is 3. The molecule has 0 aliphatic rings. The molecule has 2 aromatic carbocycles. The van der Waals surface area contributed by atoms with Gasteiger partial charge in [0.25, 0.3) is 5.56 Å². The first-order chi connectivity index (χ1) is 13.5. The van der Waals surface area contributed by atoms with Crippen LogP contribution in [0.3, 0.4) is 0 Å². The van der Waals surface area contributed by atoms with E-state index in [0.717, 1.165) is 16.8 Å². The van der Waals surface area contributed by atoms with Gasteiger partial charge in [-0.2, -0.15) is 0 Å². The Morgan fingerprint density at radius 2 is 1.86 bits per heavy atom. The van der Waals surface area contributed by atoms with Gasteiger partial charge < -0.3 is 0 Å². The number of rotatable bonds is 4. The highest BCUT2D eigenvalue weighted by Gasteiger charge is 2.14. The molecule has 0 amide bonds. The van der Waals surface area contributed by atoms with Gasteiger partial charge in [0.2, 0.25) is 0 Å². The summed E-state index contributed by atoms with van der Waals surface area (Å²) in [6, 6.07) is 17.2. The van der Waals surface area contributed by atoms with E-state index in [9.17, 15) is 4.79 Å². The van der Waals surface area contributed by atoms with Crippen LogP contribution in [0.5, 0.6) is 0 Å². The lowest BCUT2D eigenvalue weighted by atomic mass is 10.1. The minimum absolute atomic E-state index is 0.0643. The van der Waals surface area contributed by atoms with Gasteiger partial charge in [0, 0.05) is 11.9 Å². The van der Waals surface area contributed by atoms with Crippen LogP contribution in [0.1, 0.15) is 16.7 Å². The maximum Gasteiger partial charge on any atom is 0.266 e. The number of halogens is 1. The third-order valence-electron chi connectivity index (χ3n) is 4.65. The third kappa shape index (κ3) is 3.68. The summed E-state index contributed by atoms with van der Waals surface area (Å²) in [5, 5.41) is 1.73. The summed E-state index contributed by atoms with van der Waals surface area (Å²) in [5.74, 6) is 0.639. The van der Waals surface area contributed by atoms with Crippen molar-refractivity contribution >= 4 is 34.3 Å². The molecule has 0 fully saturated rings. The molecule has 2 aromatic heterocycles. The predicted octanol–water partition coefficient (Wildman–Crippen LogP) is 5.34. The molecule has 0 saturated heterocycles. The summed E-state index contributed by atoms with van der Waals surface area (Å²) in [6.07, 6.45) is 1.74. The van der Waals surface area contributed by atoms with Crippen molar-refractivity contribution in [2.45, 2.75) is 24.8 Å². The number of pyridine rings is 1. The molecule has 0 N–H and O–H groups in total. The third-order valence-corrected chi connectivity index (χ3v) is 5.88. The molecule has 0 unspecified atom stereocenters. The molecule has 4 aromatic rings. The quantitative estimate of drug-likeness (QED) is 0.260. The minimum atomic E-state index is -0.0643. The topological polar surface area (TPSA) is 47.8 Å². The fourth-order valence-electron chi connectivity index (χ4n) is 2.94. The number of thioether (sulfide) groups is 1. The standard InChI is InChI=1S/C22H18ClN3OS/c1-14-7-9-17(11-15(14)2)26-21(27)18-5-3-4-6-19(18)25-22(26)28-13-16-8-10-20(23)24-12-16/h3-12H,13H2,1-2H3. The van der Waals surface area contributed by atoms with Crippen LogP contribution in [0.4, 0.5) is 0 Å². The van der Waals surface area contributed by atoms with E-state index in [1.165, 1.54) is 17.3 Å². The number of fused-ring (bicyclic) bond motifs is 1. The lowest BCUT2D eigenvalue weighted by Gasteiger charge is -2.14. The Kier molecular flexibility index (Phi) is 5.20. The lowest BCUT2D eigenvalue weighted by molar-refractivity contribution is 0.818. The second-order valence-electron chi connectivity index (χ2n) is 6.60. The molecule has 0 saturated carbocycles. The number of hydrogen-bond donors (Lipinski definition) is 0. The van der Waals surface area contributed by atoms with Crippen LogP contribution in [0.2, 0.25) is 5.15 Å². The van der Waals surface area contributed by atoms with Crippen LogP contribution in [-0.2, 0) is 5.75 Å². The summed E-state index contributed by atoms with van der Waals surface area (Å²) in [6.45, 7) is 4.11. The van der Waals surface area contributed by atoms with Gasteiger partial charge in [-0.1, -0.05) is 47.6 Å². The molecule has 2 heterocycles. The van der Waals surface area contributed by atoms with Crippen LogP contribution < -0.4 is 5.56 Å². The van der Waals surface area contributed by atoms with Crippen molar-refractivity contribution < 1.29 is 0 Å². The second-order valence-corrected chi connectivity index (χ2v) is 7.93. The molecule has 0 atom stereocenters. The molecule has 0 radical (unpaired) electrons. The highest BCUT2D eigenvalue weighted by Crippen LogP contribution is 2.25. The van der Waals surface area contributed by atoms with E-state index in [0.29, 0.717) is 27.0 Å². The van der Waals surface area contributed by atoms with E-state index in [2.05, 4.69) is 11.9 Å². The van der Waals surface area contributed by atoms with Crippen molar-refractivity contribution in [3.63, 3.8) is 0 Å².